The molecule has 0 rings (SSSR count). The standard InChI is InChI=1S/C24H47NO3/c1-20(2)9-6-10-21(3)11-7-12-22(4)13-8-14-23(5)19-24(28)25(15-17-26)16-18-27/h19-22,26-27H,6-18H2,1-5H3/b23-19+. The van der Waals surface area contributed by atoms with Crippen LogP contribution >= 0.6 is 0 Å². The number of aliphatic hydroxyl groups is 2. The Morgan fingerprint density at radius 3 is 1.75 bits per heavy atom. The predicted octanol–water partition coefficient (Wildman–Crippen LogP) is 5.19. The van der Waals surface area contributed by atoms with Crippen molar-refractivity contribution in [2.45, 2.75) is 92.4 Å². The minimum atomic E-state index is -0.111. The molecule has 0 fully saturated rings. The predicted molar refractivity (Wildman–Crippen MR) is 119 cm³/mol. The molecule has 0 saturated heterocycles. The summed E-state index contributed by atoms with van der Waals surface area (Å²) < 4.78 is 0. The topological polar surface area (TPSA) is 60.8 Å². The molecule has 0 heterocycles. The normalized spacial score (nSPS) is 14.4. The highest BCUT2D eigenvalue weighted by Gasteiger charge is 2.10. The zero-order valence-corrected chi connectivity index (χ0v) is 19.3. The van der Waals surface area contributed by atoms with Crippen molar-refractivity contribution >= 4 is 5.91 Å². The fourth-order valence-corrected chi connectivity index (χ4v) is 3.66. The molecule has 0 spiro atoms. The molecule has 0 aromatic rings. The lowest BCUT2D eigenvalue weighted by Crippen LogP contribution is -2.34. The van der Waals surface area contributed by atoms with Gasteiger partial charge < -0.3 is 15.1 Å². The summed E-state index contributed by atoms with van der Waals surface area (Å²) in [5, 5.41) is 18.0. The minimum absolute atomic E-state index is 0.0769. The fourth-order valence-electron chi connectivity index (χ4n) is 3.66. The highest BCUT2D eigenvalue weighted by Crippen LogP contribution is 2.22. The van der Waals surface area contributed by atoms with Gasteiger partial charge in [-0.25, -0.2) is 0 Å². The van der Waals surface area contributed by atoms with Gasteiger partial charge >= 0.3 is 0 Å². The second kappa shape index (κ2) is 17.0. The molecule has 4 heteroatoms. The zero-order valence-electron chi connectivity index (χ0n) is 19.3. The van der Waals surface area contributed by atoms with Crippen molar-refractivity contribution in [2.24, 2.45) is 17.8 Å². The van der Waals surface area contributed by atoms with Crippen molar-refractivity contribution < 1.29 is 15.0 Å². The van der Waals surface area contributed by atoms with E-state index in [1.807, 2.05) is 6.92 Å². The Labute approximate surface area is 174 Å². The van der Waals surface area contributed by atoms with Crippen LogP contribution in [0, 0.1) is 17.8 Å². The van der Waals surface area contributed by atoms with Gasteiger partial charge in [-0.2, -0.15) is 0 Å². The smallest absolute Gasteiger partial charge is 0.246 e. The number of amides is 1. The van der Waals surface area contributed by atoms with Crippen molar-refractivity contribution in [1.82, 2.24) is 4.90 Å². The molecule has 0 aromatic carbocycles. The van der Waals surface area contributed by atoms with Crippen LogP contribution in [0.4, 0.5) is 0 Å². The lowest BCUT2D eigenvalue weighted by molar-refractivity contribution is -0.127. The van der Waals surface area contributed by atoms with Gasteiger partial charge in [0.15, 0.2) is 0 Å². The van der Waals surface area contributed by atoms with E-state index in [1.165, 1.54) is 49.8 Å². The van der Waals surface area contributed by atoms with Crippen molar-refractivity contribution in [3.8, 4) is 0 Å². The number of hydrogen-bond acceptors (Lipinski definition) is 3. The SMILES string of the molecule is C/C(=C\C(=O)N(CCO)CCO)CCCC(C)CCCC(C)CCCC(C)C. The molecular weight excluding hydrogens is 350 g/mol. The molecule has 1 amide bonds. The summed E-state index contributed by atoms with van der Waals surface area (Å²) in [5.74, 6) is 2.31. The average molecular weight is 398 g/mol. The van der Waals surface area contributed by atoms with E-state index in [-0.39, 0.29) is 32.2 Å². The molecule has 4 nitrogen and oxygen atoms in total. The summed E-state index contributed by atoms with van der Waals surface area (Å²) in [7, 11) is 0. The van der Waals surface area contributed by atoms with Crippen LogP contribution < -0.4 is 0 Å². The molecule has 2 unspecified atom stereocenters. The largest absolute Gasteiger partial charge is 0.395 e. The Balaban J connectivity index is 3.97. The number of nitrogens with zero attached hydrogens (tertiary/aromatic N) is 1. The molecule has 0 aliphatic heterocycles. The van der Waals surface area contributed by atoms with E-state index >= 15 is 0 Å². The Hall–Kier alpha value is -0.870. The van der Waals surface area contributed by atoms with Crippen molar-refractivity contribution in [2.75, 3.05) is 26.3 Å². The molecular formula is C24H47NO3. The molecule has 2 atom stereocenters. The molecule has 0 saturated carbocycles. The lowest BCUT2D eigenvalue weighted by atomic mass is 9.91. The zero-order chi connectivity index (χ0) is 21.4. The molecule has 166 valence electrons. The second-order valence-electron chi connectivity index (χ2n) is 9.12. The van der Waals surface area contributed by atoms with E-state index in [2.05, 4.69) is 27.7 Å². The number of carbonyl (C=O) groups excluding carboxylic acids is 1. The van der Waals surface area contributed by atoms with Crippen LogP contribution in [0.1, 0.15) is 92.4 Å². The van der Waals surface area contributed by atoms with Gasteiger partial charge in [-0.05, 0) is 37.5 Å². The van der Waals surface area contributed by atoms with Gasteiger partial charge in [0, 0.05) is 19.2 Å². The molecule has 0 bridgehead atoms. The molecule has 28 heavy (non-hydrogen) atoms. The Bertz CT molecular complexity index is 414. The van der Waals surface area contributed by atoms with E-state index in [0.717, 1.165) is 36.2 Å². The maximum absolute atomic E-state index is 12.2. The maximum Gasteiger partial charge on any atom is 0.246 e. The fraction of sp³-hybridized carbons (Fsp3) is 0.875. The van der Waals surface area contributed by atoms with Crippen molar-refractivity contribution in [1.29, 1.82) is 0 Å². The van der Waals surface area contributed by atoms with Crippen LogP contribution in [0.15, 0.2) is 11.6 Å². The summed E-state index contributed by atoms with van der Waals surface area (Å²) in [6.45, 7) is 11.7. The maximum atomic E-state index is 12.2. The minimum Gasteiger partial charge on any atom is -0.395 e. The summed E-state index contributed by atoms with van der Waals surface area (Å²) in [5.41, 5.74) is 1.08. The van der Waals surface area contributed by atoms with Crippen molar-refractivity contribution in [3.63, 3.8) is 0 Å². The first kappa shape index (κ1) is 27.1. The van der Waals surface area contributed by atoms with E-state index in [4.69, 9.17) is 10.2 Å². The lowest BCUT2D eigenvalue weighted by Gasteiger charge is -2.19. The number of rotatable bonds is 17. The van der Waals surface area contributed by atoms with E-state index in [0.29, 0.717) is 0 Å². The van der Waals surface area contributed by atoms with Crippen LogP contribution in [-0.4, -0.2) is 47.3 Å². The first-order chi connectivity index (χ1) is 13.3. The van der Waals surface area contributed by atoms with E-state index < -0.39 is 0 Å². The number of carbonyl (C=O) groups is 1. The van der Waals surface area contributed by atoms with Gasteiger partial charge in [-0.3, -0.25) is 4.79 Å². The van der Waals surface area contributed by atoms with Crippen LogP contribution in [0.2, 0.25) is 0 Å². The van der Waals surface area contributed by atoms with Gasteiger partial charge in [0.1, 0.15) is 0 Å². The highest BCUT2D eigenvalue weighted by molar-refractivity contribution is 5.88. The third-order valence-electron chi connectivity index (χ3n) is 5.56. The van der Waals surface area contributed by atoms with E-state index in [1.54, 1.807) is 6.08 Å². The monoisotopic (exact) mass is 397 g/mol. The van der Waals surface area contributed by atoms with Crippen LogP contribution in [-0.2, 0) is 4.79 Å². The average Bonchev–Trinajstić information content (AvgIpc) is 2.61. The Morgan fingerprint density at radius 2 is 1.29 bits per heavy atom. The number of aliphatic hydroxyl groups excluding tert-OH is 2. The Morgan fingerprint density at radius 1 is 0.821 bits per heavy atom. The molecule has 0 aromatic heterocycles. The quantitative estimate of drug-likeness (QED) is 0.332. The van der Waals surface area contributed by atoms with Gasteiger partial charge in [0.2, 0.25) is 5.91 Å². The van der Waals surface area contributed by atoms with Crippen LogP contribution in [0.25, 0.3) is 0 Å². The third kappa shape index (κ3) is 15.1. The molecule has 0 radical (unpaired) electrons. The van der Waals surface area contributed by atoms with Gasteiger partial charge in [0.05, 0.1) is 13.2 Å². The first-order valence-electron chi connectivity index (χ1n) is 11.5. The molecule has 0 aliphatic carbocycles. The van der Waals surface area contributed by atoms with Crippen LogP contribution in [0.3, 0.4) is 0 Å². The van der Waals surface area contributed by atoms with Gasteiger partial charge in [-0.15, -0.1) is 0 Å². The molecule has 2 N–H and O–H groups in total. The Kier molecular flexibility index (Phi) is 16.5. The van der Waals surface area contributed by atoms with Gasteiger partial charge in [-0.1, -0.05) is 78.2 Å². The second-order valence-corrected chi connectivity index (χ2v) is 9.12. The summed E-state index contributed by atoms with van der Waals surface area (Å²) in [6.07, 6.45) is 13.0. The highest BCUT2D eigenvalue weighted by atomic mass is 16.3. The summed E-state index contributed by atoms with van der Waals surface area (Å²) in [4.78, 5) is 13.7. The number of allylic oxidation sites excluding steroid dienone is 1. The van der Waals surface area contributed by atoms with Gasteiger partial charge in [0.25, 0.3) is 0 Å². The first-order valence-corrected chi connectivity index (χ1v) is 11.5. The van der Waals surface area contributed by atoms with Crippen molar-refractivity contribution in [3.05, 3.63) is 11.6 Å². The number of hydrogen-bond donors (Lipinski definition) is 2. The molecule has 0 aliphatic rings. The third-order valence-corrected chi connectivity index (χ3v) is 5.56. The van der Waals surface area contributed by atoms with E-state index in [9.17, 15) is 4.79 Å². The van der Waals surface area contributed by atoms with Crippen LogP contribution in [0.5, 0.6) is 0 Å². The summed E-state index contributed by atoms with van der Waals surface area (Å²) >= 11 is 0. The summed E-state index contributed by atoms with van der Waals surface area (Å²) in [6, 6.07) is 0.